The molecule has 0 N–H and O–H groups in total. The molecule has 0 unspecified atom stereocenters. The minimum absolute atomic E-state index is 0.192. The number of benzene rings is 2. The van der Waals surface area contributed by atoms with Crippen molar-refractivity contribution in [2.75, 3.05) is 17.1 Å². The summed E-state index contributed by atoms with van der Waals surface area (Å²) in [7, 11) is -3.37. The average Bonchev–Trinajstić information content (AvgIpc) is 2.60. The summed E-state index contributed by atoms with van der Waals surface area (Å²) in [4.78, 5) is 0. The maximum Gasteiger partial charge on any atom is 0.232 e. The summed E-state index contributed by atoms with van der Waals surface area (Å²) < 4.78 is 45.7. The minimum Gasteiger partial charge on any atom is -0.487 e. The van der Waals surface area contributed by atoms with Crippen molar-refractivity contribution >= 4 is 15.7 Å². The number of sulfonamides is 1. The number of hydrogen-bond acceptors (Lipinski definition) is 3. The van der Waals surface area contributed by atoms with Gasteiger partial charge in [0.15, 0.2) is 0 Å². The lowest BCUT2D eigenvalue weighted by Gasteiger charge is -2.30. The molecule has 1 heterocycles. The second-order valence-corrected chi connectivity index (χ2v) is 8.57. The van der Waals surface area contributed by atoms with Crippen LogP contribution in [0.4, 0.5) is 10.1 Å². The lowest BCUT2D eigenvalue weighted by atomic mass is 10.0. The highest BCUT2D eigenvalue weighted by molar-refractivity contribution is 7.92. The molecule has 2 aromatic carbocycles. The first-order chi connectivity index (χ1) is 12.4. The Kier molecular flexibility index (Phi) is 5.51. The highest BCUT2D eigenvalue weighted by Crippen LogP contribution is 2.38. The molecular weight excluding hydrogens is 353 g/mol. The van der Waals surface area contributed by atoms with Gasteiger partial charge in [-0.3, -0.25) is 4.31 Å². The molecule has 2 aromatic rings. The maximum atomic E-state index is 14.1. The summed E-state index contributed by atoms with van der Waals surface area (Å²) in [5.74, 6) is 0.298. The molecule has 0 spiro atoms. The smallest absolute Gasteiger partial charge is 0.232 e. The summed E-state index contributed by atoms with van der Waals surface area (Å²) in [6.45, 7) is 2.66. The second kappa shape index (κ2) is 7.66. The summed E-state index contributed by atoms with van der Waals surface area (Å²) >= 11 is 0. The van der Waals surface area contributed by atoms with E-state index in [1.165, 1.54) is 16.6 Å². The van der Waals surface area contributed by atoms with Crippen molar-refractivity contribution in [3.05, 3.63) is 58.9 Å². The van der Waals surface area contributed by atoms with E-state index in [1.807, 2.05) is 25.1 Å². The summed E-state index contributed by atoms with van der Waals surface area (Å²) in [6, 6.07) is 10.7. The van der Waals surface area contributed by atoms with Gasteiger partial charge in [0.1, 0.15) is 18.2 Å². The normalized spacial score (nSPS) is 14.2. The van der Waals surface area contributed by atoms with Gasteiger partial charge in [-0.15, -0.1) is 0 Å². The van der Waals surface area contributed by atoms with Crippen molar-refractivity contribution in [3.63, 3.8) is 0 Å². The van der Waals surface area contributed by atoms with Crippen LogP contribution in [0.5, 0.6) is 5.75 Å². The number of anilines is 1. The third kappa shape index (κ3) is 4.01. The molecule has 0 saturated carbocycles. The molecule has 1 aliphatic rings. The second-order valence-electron chi connectivity index (χ2n) is 6.67. The molecule has 0 aromatic heterocycles. The topological polar surface area (TPSA) is 46.6 Å². The Balaban J connectivity index is 1.84. The van der Waals surface area contributed by atoms with Crippen LogP contribution in [0, 0.1) is 5.82 Å². The number of nitrogens with zero attached hydrogens (tertiary/aromatic N) is 1. The molecule has 3 rings (SSSR count). The largest absolute Gasteiger partial charge is 0.487 e. The highest BCUT2D eigenvalue weighted by Gasteiger charge is 2.27. The Labute approximate surface area is 154 Å². The van der Waals surface area contributed by atoms with Crippen molar-refractivity contribution < 1.29 is 17.5 Å². The van der Waals surface area contributed by atoms with Crippen LogP contribution in [0.25, 0.3) is 0 Å². The van der Waals surface area contributed by atoms with E-state index in [-0.39, 0.29) is 12.4 Å². The third-order valence-corrected chi connectivity index (χ3v) is 5.74. The SMILES string of the molecule is CCCc1ccc(COc2cccc3c2N(S(C)(=O)=O)CCC3)cc1F. The molecule has 6 heteroatoms. The van der Waals surface area contributed by atoms with E-state index < -0.39 is 10.0 Å². The fourth-order valence-electron chi connectivity index (χ4n) is 3.34. The van der Waals surface area contributed by atoms with Gasteiger partial charge in [0.2, 0.25) is 10.0 Å². The number of hydrogen-bond donors (Lipinski definition) is 0. The fourth-order valence-corrected chi connectivity index (χ4v) is 4.34. The molecule has 0 bridgehead atoms. The summed E-state index contributed by atoms with van der Waals surface area (Å²) in [6.07, 6.45) is 4.42. The monoisotopic (exact) mass is 377 g/mol. The summed E-state index contributed by atoms with van der Waals surface area (Å²) in [5, 5.41) is 0. The van der Waals surface area contributed by atoms with Gasteiger partial charge in [-0.05, 0) is 48.1 Å². The molecule has 0 amide bonds. The van der Waals surface area contributed by atoms with Crippen molar-refractivity contribution in [2.24, 2.45) is 0 Å². The zero-order valence-electron chi connectivity index (χ0n) is 15.2. The van der Waals surface area contributed by atoms with Crippen LogP contribution in [0.3, 0.4) is 0 Å². The number of para-hydroxylation sites is 1. The zero-order chi connectivity index (χ0) is 18.7. The molecular formula is C20H24FNO3S. The Hall–Kier alpha value is -2.08. The molecule has 0 saturated heterocycles. The summed E-state index contributed by atoms with van der Waals surface area (Å²) in [5.41, 5.74) is 3.01. The fraction of sp³-hybridized carbons (Fsp3) is 0.400. The predicted octanol–water partition coefficient (Wildman–Crippen LogP) is 4.07. The van der Waals surface area contributed by atoms with E-state index in [9.17, 15) is 12.8 Å². The lowest BCUT2D eigenvalue weighted by Crippen LogP contribution is -2.34. The van der Waals surface area contributed by atoms with Gasteiger partial charge in [-0.25, -0.2) is 12.8 Å². The van der Waals surface area contributed by atoms with Gasteiger partial charge in [0, 0.05) is 6.54 Å². The first-order valence-corrected chi connectivity index (χ1v) is 10.7. The first-order valence-electron chi connectivity index (χ1n) is 8.90. The molecule has 140 valence electrons. The van der Waals surface area contributed by atoms with Crippen molar-refractivity contribution in [2.45, 2.75) is 39.2 Å². The minimum atomic E-state index is -3.37. The first kappa shape index (κ1) is 18.7. The van der Waals surface area contributed by atoms with Gasteiger partial charge in [-0.2, -0.15) is 0 Å². The molecule has 1 aliphatic heterocycles. The predicted molar refractivity (Wildman–Crippen MR) is 102 cm³/mol. The van der Waals surface area contributed by atoms with Crippen LogP contribution in [0.2, 0.25) is 0 Å². The van der Waals surface area contributed by atoms with E-state index in [1.54, 1.807) is 12.1 Å². The van der Waals surface area contributed by atoms with E-state index in [0.717, 1.165) is 30.4 Å². The number of rotatable bonds is 6. The number of ether oxygens (including phenoxy) is 1. The highest BCUT2D eigenvalue weighted by atomic mass is 32.2. The van der Waals surface area contributed by atoms with Gasteiger partial charge in [0.05, 0.1) is 11.9 Å². The Morgan fingerprint density at radius 2 is 2.04 bits per heavy atom. The number of fused-ring (bicyclic) bond motifs is 1. The molecule has 0 radical (unpaired) electrons. The average molecular weight is 377 g/mol. The van der Waals surface area contributed by atoms with Gasteiger partial charge < -0.3 is 4.74 Å². The van der Waals surface area contributed by atoms with Gasteiger partial charge >= 0.3 is 0 Å². The Morgan fingerprint density at radius 3 is 2.73 bits per heavy atom. The number of aryl methyl sites for hydroxylation is 2. The zero-order valence-corrected chi connectivity index (χ0v) is 16.0. The van der Waals surface area contributed by atoms with Crippen LogP contribution >= 0.6 is 0 Å². The van der Waals surface area contributed by atoms with Gasteiger partial charge in [0.25, 0.3) is 0 Å². The van der Waals surface area contributed by atoms with Crippen LogP contribution in [0.1, 0.15) is 36.5 Å². The van der Waals surface area contributed by atoms with Crippen LogP contribution in [-0.4, -0.2) is 21.2 Å². The molecule has 0 fully saturated rings. The van der Waals surface area contributed by atoms with Crippen LogP contribution < -0.4 is 9.04 Å². The number of halogens is 1. The van der Waals surface area contributed by atoms with E-state index in [2.05, 4.69) is 0 Å². The van der Waals surface area contributed by atoms with E-state index in [0.29, 0.717) is 30.0 Å². The molecule has 0 atom stereocenters. The standard InChI is InChI=1S/C20H24FNO3S/c1-3-6-16-11-10-15(13-18(16)21)14-25-19-9-4-7-17-8-5-12-22(20(17)19)26(2,23)24/h4,7,9-11,13H,3,5-6,8,12,14H2,1-2H3. The lowest BCUT2D eigenvalue weighted by molar-refractivity contribution is 0.305. The molecule has 26 heavy (non-hydrogen) atoms. The van der Waals surface area contributed by atoms with Crippen molar-refractivity contribution in [1.29, 1.82) is 0 Å². The third-order valence-electron chi connectivity index (χ3n) is 4.57. The molecule has 4 nitrogen and oxygen atoms in total. The van der Waals surface area contributed by atoms with Crippen LogP contribution in [-0.2, 0) is 29.5 Å². The van der Waals surface area contributed by atoms with E-state index in [4.69, 9.17) is 4.74 Å². The maximum absolute atomic E-state index is 14.1. The Bertz CT molecular complexity index is 896. The Morgan fingerprint density at radius 1 is 1.23 bits per heavy atom. The van der Waals surface area contributed by atoms with Gasteiger partial charge in [-0.1, -0.05) is 37.6 Å². The molecule has 0 aliphatic carbocycles. The van der Waals surface area contributed by atoms with Crippen LogP contribution in [0.15, 0.2) is 36.4 Å². The van der Waals surface area contributed by atoms with Crippen molar-refractivity contribution in [3.8, 4) is 5.75 Å². The van der Waals surface area contributed by atoms with Crippen molar-refractivity contribution in [1.82, 2.24) is 0 Å². The van der Waals surface area contributed by atoms with E-state index >= 15 is 0 Å². The quantitative estimate of drug-likeness (QED) is 0.762.